The fourth-order valence-electron chi connectivity index (χ4n) is 4.89. The summed E-state index contributed by atoms with van der Waals surface area (Å²) in [6.45, 7) is 13.3. The van der Waals surface area contributed by atoms with Crippen LogP contribution in [0.15, 0.2) is 115 Å². The monoisotopic (exact) mass is 464 g/mol. The smallest absolute Gasteiger partial charge is 0.197 e. The van der Waals surface area contributed by atoms with E-state index in [9.17, 15) is 0 Å². The Kier molecular flexibility index (Phi) is 7.71. The van der Waals surface area contributed by atoms with Crippen molar-refractivity contribution < 1.29 is 0 Å². The Morgan fingerprint density at radius 3 is 2.00 bits per heavy atom. The summed E-state index contributed by atoms with van der Waals surface area (Å²) < 4.78 is 0. The number of likely N-dealkylation sites (tertiary alicyclic amines) is 1. The summed E-state index contributed by atoms with van der Waals surface area (Å²) in [7, 11) is 0. The lowest BCUT2D eigenvalue weighted by Crippen LogP contribution is -2.34. The van der Waals surface area contributed by atoms with Crippen LogP contribution in [-0.4, -0.2) is 28.8 Å². The van der Waals surface area contributed by atoms with Gasteiger partial charge in [-0.2, -0.15) is 0 Å². The number of piperidine rings is 1. The number of guanidine groups is 1. The Hall–Kier alpha value is -3.79. The lowest BCUT2D eigenvalue weighted by atomic mass is 9.81. The predicted molar refractivity (Wildman–Crippen MR) is 147 cm³/mol. The van der Waals surface area contributed by atoms with Crippen LogP contribution < -0.4 is 5.73 Å². The zero-order chi connectivity index (χ0) is 24.7. The van der Waals surface area contributed by atoms with Crippen LogP contribution in [0.5, 0.6) is 0 Å². The number of aliphatic imine (C=N–C) groups is 1. The number of nitrogens with zero attached hydrogens (tertiary/aromatic N) is 3. The number of nitrogens with two attached hydrogens (primary N) is 1. The first-order chi connectivity index (χ1) is 17.0. The van der Waals surface area contributed by atoms with Gasteiger partial charge in [0, 0.05) is 13.1 Å². The molecule has 2 heterocycles. The van der Waals surface area contributed by atoms with E-state index in [0.29, 0.717) is 12.5 Å². The van der Waals surface area contributed by atoms with Crippen molar-refractivity contribution in [3.05, 3.63) is 132 Å². The predicted octanol–water partition coefficient (Wildman–Crippen LogP) is 6.20. The van der Waals surface area contributed by atoms with Crippen molar-refractivity contribution >= 4 is 5.96 Å². The molecule has 3 aromatic rings. The largest absolute Gasteiger partial charge is 0.378 e. The molecule has 0 atom stereocenters. The van der Waals surface area contributed by atoms with Crippen molar-refractivity contribution in [2.75, 3.05) is 13.1 Å². The molecule has 180 valence electrons. The fraction of sp³-hybridized carbons (Fsp3) is 0.258. The van der Waals surface area contributed by atoms with E-state index in [1.165, 1.54) is 43.5 Å². The topological polar surface area (TPSA) is 44.9 Å². The molecule has 35 heavy (non-hydrogen) atoms. The third-order valence-corrected chi connectivity index (χ3v) is 6.76. The molecule has 4 nitrogen and oxygen atoms in total. The highest BCUT2D eigenvalue weighted by Crippen LogP contribution is 2.45. The fourth-order valence-corrected chi connectivity index (χ4v) is 4.89. The summed E-state index contributed by atoms with van der Waals surface area (Å²) >= 11 is 0. The quantitative estimate of drug-likeness (QED) is 0.489. The summed E-state index contributed by atoms with van der Waals surface area (Å²) in [6.07, 6.45) is 6.06. The average Bonchev–Trinajstić information content (AvgIpc) is 3.16. The van der Waals surface area contributed by atoms with Crippen LogP contribution in [0.25, 0.3) is 0 Å². The van der Waals surface area contributed by atoms with Gasteiger partial charge in [0.05, 0.1) is 12.2 Å². The first-order valence-electron chi connectivity index (χ1n) is 12.4. The van der Waals surface area contributed by atoms with Gasteiger partial charge in [0.2, 0.25) is 0 Å². The van der Waals surface area contributed by atoms with Crippen molar-refractivity contribution in [1.82, 2.24) is 9.80 Å². The van der Waals surface area contributed by atoms with Gasteiger partial charge in [-0.1, -0.05) is 104 Å². The molecule has 2 N–H and O–H groups in total. The average molecular weight is 465 g/mol. The van der Waals surface area contributed by atoms with Gasteiger partial charge in [-0.05, 0) is 49.1 Å². The van der Waals surface area contributed by atoms with Crippen LogP contribution >= 0.6 is 0 Å². The molecule has 5 rings (SSSR count). The van der Waals surface area contributed by atoms with Gasteiger partial charge in [-0.3, -0.25) is 0 Å². The van der Waals surface area contributed by atoms with Crippen molar-refractivity contribution in [3.8, 4) is 0 Å². The van der Waals surface area contributed by atoms with Crippen LogP contribution in [0.1, 0.15) is 41.5 Å². The normalized spacial score (nSPS) is 16.8. The molecule has 2 aliphatic rings. The Morgan fingerprint density at radius 1 is 0.886 bits per heavy atom. The van der Waals surface area contributed by atoms with E-state index < -0.39 is 5.54 Å². The minimum absolute atomic E-state index is 0.495. The SMILES string of the molecule is C=C1N(Cc2cccc(C)c2)C(N)=NC1(c1ccccc1)c1ccccc1.C=CN1CCCCC1. The molecule has 1 saturated heterocycles. The van der Waals surface area contributed by atoms with Crippen LogP contribution in [0.3, 0.4) is 0 Å². The van der Waals surface area contributed by atoms with Gasteiger partial charge < -0.3 is 15.5 Å². The summed E-state index contributed by atoms with van der Waals surface area (Å²) in [4.78, 5) is 9.27. The zero-order valence-electron chi connectivity index (χ0n) is 20.7. The lowest BCUT2D eigenvalue weighted by Gasteiger charge is -2.31. The Bertz CT molecular complexity index is 1120. The molecular weight excluding hydrogens is 428 g/mol. The molecule has 3 aromatic carbocycles. The highest BCUT2D eigenvalue weighted by molar-refractivity contribution is 5.85. The molecule has 0 amide bonds. The van der Waals surface area contributed by atoms with E-state index in [-0.39, 0.29) is 0 Å². The van der Waals surface area contributed by atoms with Crippen molar-refractivity contribution in [3.63, 3.8) is 0 Å². The van der Waals surface area contributed by atoms with Crippen LogP contribution in [0.4, 0.5) is 0 Å². The maximum absolute atomic E-state index is 6.42. The van der Waals surface area contributed by atoms with Gasteiger partial charge in [0.25, 0.3) is 0 Å². The lowest BCUT2D eigenvalue weighted by molar-refractivity contribution is 0.310. The van der Waals surface area contributed by atoms with Gasteiger partial charge >= 0.3 is 0 Å². The number of benzene rings is 3. The van der Waals surface area contributed by atoms with Gasteiger partial charge in [0.1, 0.15) is 0 Å². The summed E-state index contributed by atoms with van der Waals surface area (Å²) in [6, 6.07) is 28.9. The van der Waals surface area contributed by atoms with Crippen LogP contribution in [-0.2, 0) is 12.1 Å². The van der Waals surface area contributed by atoms with E-state index >= 15 is 0 Å². The number of hydrogen-bond acceptors (Lipinski definition) is 4. The number of rotatable bonds is 5. The van der Waals surface area contributed by atoms with Gasteiger partial charge in [0.15, 0.2) is 11.5 Å². The van der Waals surface area contributed by atoms with Crippen LogP contribution in [0.2, 0.25) is 0 Å². The Morgan fingerprint density at radius 2 is 1.49 bits per heavy atom. The second kappa shape index (κ2) is 11.1. The van der Waals surface area contributed by atoms with Crippen molar-refractivity contribution in [2.45, 2.75) is 38.3 Å². The molecular formula is C31H36N4. The number of aryl methyl sites for hydroxylation is 1. The third-order valence-electron chi connectivity index (χ3n) is 6.76. The minimum atomic E-state index is -0.698. The third kappa shape index (κ3) is 5.32. The molecule has 4 heteroatoms. The molecule has 0 aromatic heterocycles. The highest BCUT2D eigenvalue weighted by atomic mass is 15.3. The van der Waals surface area contributed by atoms with Gasteiger partial charge in [-0.15, -0.1) is 0 Å². The maximum Gasteiger partial charge on any atom is 0.197 e. The standard InChI is InChI=1S/C24H23N3.C7H13N/c1-18-10-9-11-20(16-18)17-27-19(2)24(26-23(27)25,21-12-5-3-6-13-21)22-14-7-4-8-15-22;1-2-8-6-4-3-5-7-8/h3-16H,2,17H2,1H3,(H2,25,26);2H,1,3-7H2. The van der Waals surface area contributed by atoms with E-state index in [1.54, 1.807) is 0 Å². The van der Waals surface area contributed by atoms with Crippen molar-refractivity contribution in [1.29, 1.82) is 0 Å². The molecule has 0 bridgehead atoms. The first kappa shape index (κ1) is 24.3. The first-order valence-corrected chi connectivity index (χ1v) is 12.4. The number of hydrogen-bond donors (Lipinski definition) is 1. The molecule has 2 aliphatic heterocycles. The van der Waals surface area contributed by atoms with Gasteiger partial charge in [-0.25, -0.2) is 4.99 Å². The van der Waals surface area contributed by atoms with E-state index in [0.717, 1.165) is 16.8 Å². The Labute approximate surface area is 210 Å². The maximum atomic E-state index is 6.42. The Balaban J connectivity index is 0.000000308. The van der Waals surface area contributed by atoms with Crippen LogP contribution in [0, 0.1) is 6.92 Å². The highest BCUT2D eigenvalue weighted by Gasteiger charge is 2.45. The van der Waals surface area contributed by atoms with E-state index in [4.69, 9.17) is 10.7 Å². The molecule has 1 fully saturated rings. The van der Waals surface area contributed by atoms with E-state index in [2.05, 4.69) is 73.5 Å². The summed E-state index contributed by atoms with van der Waals surface area (Å²) in [5.41, 5.74) is 11.1. The molecule has 0 spiro atoms. The molecule has 0 aliphatic carbocycles. The zero-order valence-corrected chi connectivity index (χ0v) is 20.7. The second-order valence-electron chi connectivity index (χ2n) is 9.21. The molecule has 0 unspecified atom stereocenters. The minimum Gasteiger partial charge on any atom is -0.378 e. The van der Waals surface area contributed by atoms with E-state index in [1.807, 2.05) is 47.5 Å². The molecule has 0 radical (unpaired) electrons. The summed E-state index contributed by atoms with van der Waals surface area (Å²) in [5.74, 6) is 0.495. The van der Waals surface area contributed by atoms with Crippen molar-refractivity contribution in [2.24, 2.45) is 10.7 Å². The molecule has 0 saturated carbocycles. The second-order valence-corrected chi connectivity index (χ2v) is 9.21. The summed E-state index contributed by atoms with van der Waals surface area (Å²) in [5, 5.41) is 0.